The first-order chi connectivity index (χ1) is 11.9. The summed E-state index contributed by atoms with van der Waals surface area (Å²) in [6.45, 7) is 1.79. The lowest BCUT2D eigenvalue weighted by Crippen LogP contribution is -2.27. The van der Waals surface area contributed by atoms with E-state index in [1.54, 1.807) is 13.0 Å². The Morgan fingerprint density at radius 3 is 2.50 bits per heavy atom. The molecular weight excluding hydrogens is 354 g/mol. The number of carbonyl (C=O) groups is 1. The van der Waals surface area contributed by atoms with Gasteiger partial charge in [0.1, 0.15) is 11.6 Å². The van der Waals surface area contributed by atoms with Gasteiger partial charge in [-0.05, 0) is 36.3 Å². The lowest BCUT2D eigenvalue weighted by atomic mass is 10.1. The highest BCUT2D eigenvalue weighted by atomic mass is 32.1. The Balaban J connectivity index is 0.00000338. The Bertz CT molecular complexity index is 876. The lowest BCUT2D eigenvalue weighted by Gasteiger charge is -2.13. The summed E-state index contributed by atoms with van der Waals surface area (Å²) in [5, 5.41) is 32.2. The summed E-state index contributed by atoms with van der Waals surface area (Å²) < 4.78 is 0. The number of phenols is 1. The summed E-state index contributed by atoms with van der Waals surface area (Å²) in [6.07, 6.45) is 1.26. The summed E-state index contributed by atoms with van der Waals surface area (Å²) in [4.78, 5) is 22.2. The van der Waals surface area contributed by atoms with Crippen molar-refractivity contribution in [1.29, 1.82) is 5.26 Å². The number of nitro benzene ring substituents is 1. The van der Waals surface area contributed by atoms with Crippen molar-refractivity contribution in [3.8, 4) is 11.8 Å². The molecule has 0 spiro atoms. The van der Waals surface area contributed by atoms with E-state index in [0.29, 0.717) is 5.56 Å². The van der Waals surface area contributed by atoms with Crippen molar-refractivity contribution < 1.29 is 14.8 Å². The number of aromatic hydroxyl groups is 1. The maximum Gasteiger partial charge on any atom is 0.310 e. The molecule has 0 unspecified atom stereocenters. The largest absolute Gasteiger partial charge is 0.502 e. The molecule has 0 radical (unpaired) electrons. The quantitative estimate of drug-likeness (QED) is 0.362. The summed E-state index contributed by atoms with van der Waals surface area (Å²) in [5.41, 5.74) is 0.581. The molecular formula is C18H17N3O4S. The molecule has 0 saturated heterocycles. The minimum Gasteiger partial charge on any atom is -0.502 e. The van der Waals surface area contributed by atoms with E-state index >= 15 is 0 Å². The predicted octanol–water partition coefficient (Wildman–Crippen LogP) is 3.20. The predicted molar refractivity (Wildman–Crippen MR) is 102 cm³/mol. The van der Waals surface area contributed by atoms with Gasteiger partial charge >= 0.3 is 5.69 Å². The highest BCUT2D eigenvalue weighted by molar-refractivity contribution is 7.59. The molecule has 7 nitrogen and oxygen atoms in total. The monoisotopic (exact) mass is 371 g/mol. The summed E-state index contributed by atoms with van der Waals surface area (Å²) in [5.74, 6) is -1.11. The molecule has 8 heteroatoms. The Labute approximate surface area is 157 Å². The van der Waals surface area contributed by atoms with E-state index in [2.05, 4.69) is 5.32 Å². The molecule has 26 heavy (non-hydrogen) atoms. The van der Waals surface area contributed by atoms with E-state index in [1.807, 2.05) is 30.3 Å². The molecule has 2 aromatic carbocycles. The van der Waals surface area contributed by atoms with E-state index in [1.165, 1.54) is 12.1 Å². The third-order valence-corrected chi connectivity index (χ3v) is 3.52. The van der Waals surface area contributed by atoms with Gasteiger partial charge in [0.2, 0.25) is 0 Å². The molecule has 0 aromatic heterocycles. The van der Waals surface area contributed by atoms with Crippen molar-refractivity contribution in [3.05, 3.63) is 75.3 Å². The standard InChI is InChI=1S/C18H15N3O4.H2S/c1-12(14-5-3-2-4-6-14)20-18(23)15(11-19)9-13-7-8-16(21(24)25)17(22)10-13;/h2-10,12,22H,1H3,(H,20,23);1H2/b15-9+;/t12-;/m0./s1. The molecule has 0 bridgehead atoms. The van der Waals surface area contributed by atoms with Gasteiger partial charge in [0.25, 0.3) is 5.91 Å². The van der Waals surface area contributed by atoms with Crippen molar-refractivity contribution in [3.63, 3.8) is 0 Å². The van der Waals surface area contributed by atoms with E-state index < -0.39 is 22.3 Å². The first-order valence-corrected chi connectivity index (χ1v) is 7.37. The maximum absolute atomic E-state index is 12.2. The smallest absolute Gasteiger partial charge is 0.310 e. The Hall–Kier alpha value is -3.31. The number of nitrogens with one attached hydrogen (secondary N) is 1. The van der Waals surface area contributed by atoms with Crippen LogP contribution in [0.5, 0.6) is 5.75 Å². The van der Waals surface area contributed by atoms with Crippen LogP contribution in [0.4, 0.5) is 5.69 Å². The van der Waals surface area contributed by atoms with Crippen molar-refractivity contribution in [2.45, 2.75) is 13.0 Å². The van der Waals surface area contributed by atoms with Crippen molar-refractivity contribution >= 4 is 31.2 Å². The van der Waals surface area contributed by atoms with Crippen LogP contribution >= 0.6 is 13.5 Å². The molecule has 2 aromatic rings. The number of hydrogen-bond acceptors (Lipinski definition) is 5. The van der Waals surface area contributed by atoms with Crippen LogP contribution in [-0.4, -0.2) is 15.9 Å². The molecule has 1 atom stereocenters. The molecule has 0 saturated carbocycles. The van der Waals surface area contributed by atoms with E-state index in [-0.39, 0.29) is 25.1 Å². The number of nitro groups is 1. The topological polar surface area (TPSA) is 116 Å². The van der Waals surface area contributed by atoms with Crippen LogP contribution in [0.3, 0.4) is 0 Å². The van der Waals surface area contributed by atoms with Crippen LogP contribution in [0.2, 0.25) is 0 Å². The molecule has 0 aliphatic rings. The van der Waals surface area contributed by atoms with E-state index in [0.717, 1.165) is 17.7 Å². The molecule has 134 valence electrons. The van der Waals surface area contributed by atoms with Gasteiger partial charge in [0.15, 0.2) is 5.75 Å². The first kappa shape index (κ1) is 20.7. The highest BCUT2D eigenvalue weighted by Gasteiger charge is 2.16. The number of phenolic OH excluding ortho intramolecular Hbond substituents is 1. The van der Waals surface area contributed by atoms with Gasteiger partial charge in [-0.1, -0.05) is 30.3 Å². The number of carbonyl (C=O) groups excluding carboxylic acids is 1. The molecule has 0 aliphatic heterocycles. The molecule has 1 amide bonds. The minimum atomic E-state index is -0.720. The minimum absolute atomic E-state index is 0. The molecule has 2 N–H and O–H groups in total. The van der Waals surface area contributed by atoms with Crippen LogP contribution < -0.4 is 5.32 Å². The summed E-state index contributed by atoms with van der Waals surface area (Å²) in [6, 6.07) is 14.4. The van der Waals surface area contributed by atoms with Gasteiger partial charge < -0.3 is 10.4 Å². The van der Waals surface area contributed by atoms with Crippen molar-refractivity contribution in [1.82, 2.24) is 5.32 Å². The van der Waals surface area contributed by atoms with Crippen LogP contribution in [0.1, 0.15) is 24.1 Å². The van der Waals surface area contributed by atoms with E-state index in [9.17, 15) is 25.3 Å². The Kier molecular flexibility index (Phi) is 7.37. The van der Waals surface area contributed by atoms with Gasteiger partial charge in [-0.3, -0.25) is 14.9 Å². The zero-order chi connectivity index (χ0) is 18.4. The molecule has 2 rings (SSSR count). The van der Waals surface area contributed by atoms with Gasteiger partial charge in [0, 0.05) is 6.07 Å². The fourth-order valence-corrected chi connectivity index (χ4v) is 2.20. The zero-order valence-electron chi connectivity index (χ0n) is 13.8. The second kappa shape index (κ2) is 9.25. The lowest BCUT2D eigenvalue weighted by molar-refractivity contribution is -0.385. The van der Waals surface area contributed by atoms with Crippen LogP contribution in [0.15, 0.2) is 54.1 Å². The molecule has 0 aliphatic carbocycles. The fourth-order valence-electron chi connectivity index (χ4n) is 2.20. The second-order valence-corrected chi connectivity index (χ2v) is 5.28. The van der Waals surface area contributed by atoms with Gasteiger partial charge in [-0.2, -0.15) is 18.8 Å². The SMILES string of the molecule is C[C@H](NC(=O)/C(C#N)=C/c1ccc([N+](=O)[O-])c(O)c1)c1ccccc1.S. The average Bonchev–Trinajstić information content (AvgIpc) is 2.60. The number of rotatable bonds is 5. The van der Waals surface area contributed by atoms with Gasteiger partial charge in [0.05, 0.1) is 11.0 Å². The zero-order valence-corrected chi connectivity index (χ0v) is 14.8. The number of amides is 1. The van der Waals surface area contributed by atoms with Crippen LogP contribution in [-0.2, 0) is 4.79 Å². The van der Waals surface area contributed by atoms with Gasteiger partial charge in [-0.15, -0.1) is 0 Å². The highest BCUT2D eigenvalue weighted by Crippen LogP contribution is 2.27. The molecule has 0 heterocycles. The summed E-state index contributed by atoms with van der Waals surface area (Å²) >= 11 is 0. The molecule has 0 fully saturated rings. The first-order valence-electron chi connectivity index (χ1n) is 7.37. The van der Waals surface area contributed by atoms with Crippen LogP contribution in [0, 0.1) is 21.4 Å². The average molecular weight is 371 g/mol. The number of nitriles is 1. The number of nitrogens with zero attached hydrogens (tertiary/aromatic N) is 2. The Morgan fingerprint density at radius 1 is 1.31 bits per heavy atom. The third kappa shape index (κ3) is 5.09. The van der Waals surface area contributed by atoms with Crippen molar-refractivity contribution in [2.24, 2.45) is 0 Å². The van der Waals surface area contributed by atoms with Crippen molar-refractivity contribution in [2.75, 3.05) is 0 Å². The summed E-state index contributed by atoms with van der Waals surface area (Å²) in [7, 11) is 0. The number of benzene rings is 2. The van der Waals surface area contributed by atoms with Gasteiger partial charge in [-0.25, -0.2) is 0 Å². The second-order valence-electron chi connectivity index (χ2n) is 5.28. The third-order valence-electron chi connectivity index (χ3n) is 3.52. The van der Waals surface area contributed by atoms with Crippen LogP contribution in [0.25, 0.3) is 6.08 Å². The fraction of sp³-hybridized carbons (Fsp3) is 0.111. The normalized spacial score (nSPS) is 11.6. The number of hydrogen-bond donors (Lipinski definition) is 2. The maximum atomic E-state index is 12.2. The Morgan fingerprint density at radius 2 is 1.96 bits per heavy atom. The van der Waals surface area contributed by atoms with E-state index in [4.69, 9.17) is 0 Å².